The van der Waals surface area contributed by atoms with Crippen molar-refractivity contribution in [2.24, 2.45) is 5.92 Å². The largest absolute Gasteiger partial charge is 0.481 e. The van der Waals surface area contributed by atoms with E-state index in [1.807, 2.05) is 45.0 Å². The lowest BCUT2D eigenvalue weighted by molar-refractivity contribution is 0.0948. The van der Waals surface area contributed by atoms with Crippen LogP contribution in [0.15, 0.2) is 51.5 Å². The monoisotopic (exact) mass is 505 g/mol. The standard InChI is InChI=1S/C27H28FN5O4/c1-4-22(35-19-10-7-17(8-11-19)23-30-26(15(2)3)36-32-23)27-31-24(33-37-27)18-9-12-20(21(28)13-18)25(34)29-14-16-5-6-16/h7-13,15-16,22H,4-6,14H2,1-3H3,(H,29,34)/t22-/m1/s1. The van der Waals surface area contributed by atoms with Gasteiger partial charge in [-0.25, -0.2) is 4.39 Å². The maximum atomic E-state index is 14.7. The van der Waals surface area contributed by atoms with Crippen molar-refractivity contribution in [1.29, 1.82) is 0 Å². The third-order valence-corrected chi connectivity index (χ3v) is 6.13. The SMILES string of the molecule is CC[C@@H](Oc1ccc(-c2noc(C(C)C)n2)cc1)c1nc(-c2ccc(C(=O)NCC3CC3)c(F)c2)no1. The highest BCUT2D eigenvalue weighted by atomic mass is 19.1. The van der Waals surface area contributed by atoms with Crippen molar-refractivity contribution in [3.63, 3.8) is 0 Å². The fourth-order valence-corrected chi connectivity index (χ4v) is 3.72. The Kier molecular flexibility index (Phi) is 6.98. The summed E-state index contributed by atoms with van der Waals surface area (Å²) in [6.45, 7) is 6.49. The molecule has 4 aromatic rings. The minimum atomic E-state index is -0.636. The molecule has 1 saturated carbocycles. The van der Waals surface area contributed by atoms with Crippen molar-refractivity contribution < 1.29 is 23.0 Å². The third-order valence-electron chi connectivity index (χ3n) is 6.13. The molecule has 0 aliphatic heterocycles. The summed E-state index contributed by atoms with van der Waals surface area (Å²) in [6, 6.07) is 11.6. The summed E-state index contributed by atoms with van der Waals surface area (Å²) in [6.07, 6.45) is 2.28. The molecule has 2 heterocycles. The number of nitrogens with one attached hydrogen (secondary N) is 1. The molecule has 1 N–H and O–H groups in total. The molecule has 1 aliphatic rings. The number of aromatic nitrogens is 4. The van der Waals surface area contributed by atoms with Crippen LogP contribution in [0.4, 0.5) is 4.39 Å². The Labute approximate surface area is 213 Å². The Bertz CT molecular complexity index is 1380. The lowest BCUT2D eigenvalue weighted by atomic mass is 10.1. The first-order valence-corrected chi connectivity index (χ1v) is 12.4. The van der Waals surface area contributed by atoms with Gasteiger partial charge >= 0.3 is 0 Å². The van der Waals surface area contributed by atoms with E-state index in [1.165, 1.54) is 12.1 Å². The van der Waals surface area contributed by atoms with E-state index in [2.05, 4.69) is 25.6 Å². The van der Waals surface area contributed by atoms with Crippen molar-refractivity contribution in [3.05, 3.63) is 65.6 Å². The molecule has 0 bridgehead atoms. The highest BCUT2D eigenvalue weighted by Crippen LogP contribution is 2.29. The molecular weight excluding hydrogens is 477 g/mol. The van der Waals surface area contributed by atoms with Crippen molar-refractivity contribution in [2.75, 3.05) is 6.54 Å². The van der Waals surface area contributed by atoms with Crippen LogP contribution in [-0.2, 0) is 0 Å². The maximum Gasteiger partial charge on any atom is 0.268 e. The molecular formula is C27H28FN5O4. The van der Waals surface area contributed by atoms with E-state index in [-0.39, 0.29) is 23.2 Å². The van der Waals surface area contributed by atoms with Gasteiger partial charge in [0.25, 0.3) is 11.8 Å². The van der Waals surface area contributed by atoms with Gasteiger partial charge in [0.15, 0.2) is 6.10 Å². The van der Waals surface area contributed by atoms with E-state index in [0.717, 1.165) is 18.4 Å². The second-order valence-electron chi connectivity index (χ2n) is 9.45. The van der Waals surface area contributed by atoms with Crippen LogP contribution in [0.2, 0.25) is 0 Å². The average molecular weight is 506 g/mol. The van der Waals surface area contributed by atoms with E-state index < -0.39 is 17.8 Å². The second-order valence-corrected chi connectivity index (χ2v) is 9.45. The first-order chi connectivity index (χ1) is 17.9. The molecule has 1 amide bonds. The Morgan fingerprint density at radius 2 is 1.68 bits per heavy atom. The zero-order valence-corrected chi connectivity index (χ0v) is 20.9. The van der Waals surface area contributed by atoms with Gasteiger partial charge in [-0.1, -0.05) is 37.2 Å². The van der Waals surface area contributed by atoms with Crippen LogP contribution >= 0.6 is 0 Å². The predicted molar refractivity (Wildman–Crippen MR) is 132 cm³/mol. The summed E-state index contributed by atoms with van der Waals surface area (Å²) in [5.74, 6) is 1.80. The van der Waals surface area contributed by atoms with Crippen LogP contribution in [0.1, 0.15) is 74.2 Å². The number of ether oxygens (including phenoxy) is 1. The number of hydrogen-bond donors (Lipinski definition) is 1. The van der Waals surface area contributed by atoms with E-state index >= 15 is 0 Å². The summed E-state index contributed by atoms with van der Waals surface area (Å²) >= 11 is 0. The molecule has 0 saturated heterocycles. The van der Waals surface area contributed by atoms with Gasteiger partial charge in [0.05, 0.1) is 5.56 Å². The third kappa shape index (κ3) is 5.68. The van der Waals surface area contributed by atoms with E-state index in [9.17, 15) is 9.18 Å². The van der Waals surface area contributed by atoms with Gasteiger partial charge in [0, 0.05) is 23.6 Å². The summed E-state index contributed by atoms with van der Waals surface area (Å²) in [5.41, 5.74) is 1.21. The predicted octanol–water partition coefficient (Wildman–Crippen LogP) is 5.72. The second kappa shape index (κ2) is 10.5. The highest BCUT2D eigenvalue weighted by Gasteiger charge is 2.24. The Balaban J connectivity index is 1.25. The lowest BCUT2D eigenvalue weighted by Gasteiger charge is -2.13. The van der Waals surface area contributed by atoms with Gasteiger partial charge in [0.1, 0.15) is 11.6 Å². The minimum absolute atomic E-state index is 0.00687. The molecule has 5 rings (SSSR count). The Morgan fingerprint density at radius 3 is 2.30 bits per heavy atom. The fourth-order valence-electron chi connectivity index (χ4n) is 3.72. The Hall–Kier alpha value is -4.08. The van der Waals surface area contributed by atoms with Gasteiger partial charge in [-0.15, -0.1) is 0 Å². The normalized spacial score (nSPS) is 14.1. The smallest absolute Gasteiger partial charge is 0.268 e. The summed E-state index contributed by atoms with van der Waals surface area (Å²) < 4.78 is 31.4. The van der Waals surface area contributed by atoms with Gasteiger partial charge in [-0.2, -0.15) is 9.97 Å². The molecule has 0 spiro atoms. The topological polar surface area (TPSA) is 116 Å². The molecule has 0 unspecified atom stereocenters. The van der Waals surface area contributed by atoms with Gasteiger partial charge < -0.3 is 19.1 Å². The number of nitrogens with zero attached hydrogens (tertiary/aromatic N) is 4. The van der Waals surface area contributed by atoms with E-state index in [0.29, 0.717) is 41.9 Å². The Morgan fingerprint density at radius 1 is 1.03 bits per heavy atom. The van der Waals surface area contributed by atoms with Gasteiger partial charge in [-0.3, -0.25) is 4.79 Å². The van der Waals surface area contributed by atoms with Crippen LogP contribution in [0.3, 0.4) is 0 Å². The number of carbonyl (C=O) groups is 1. The molecule has 10 heteroatoms. The fraction of sp³-hybridized carbons (Fsp3) is 0.370. The molecule has 1 fully saturated rings. The number of hydrogen-bond acceptors (Lipinski definition) is 8. The maximum absolute atomic E-state index is 14.7. The van der Waals surface area contributed by atoms with Crippen LogP contribution < -0.4 is 10.1 Å². The van der Waals surface area contributed by atoms with Crippen LogP contribution in [-0.4, -0.2) is 32.7 Å². The number of rotatable bonds is 10. The van der Waals surface area contributed by atoms with Crippen LogP contribution in [0.25, 0.3) is 22.8 Å². The molecule has 1 aliphatic carbocycles. The number of carbonyl (C=O) groups excluding carboxylic acids is 1. The summed E-state index contributed by atoms with van der Waals surface area (Å²) in [5, 5.41) is 10.8. The highest BCUT2D eigenvalue weighted by molar-refractivity contribution is 5.94. The first-order valence-electron chi connectivity index (χ1n) is 12.4. The van der Waals surface area contributed by atoms with Gasteiger partial charge in [0.2, 0.25) is 17.5 Å². The quantitative estimate of drug-likeness (QED) is 0.291. The molecule has 1 atom stereocenters. The van der Waals surface area contributed by atoms with Crippen molar-refractivity contribution >= 4 is 5.91 Å². The van der Waals surface area contributed by atoms with Crippen LogP contribution in [0.5, 0.6) is 5.75 Å². The van der Waals surface area contributed by atoms with Gasteiger partial charge in [-0.05, 0) is 61.6 Å². The minimum Gasteiger partial charge on any atom is -0.481 e. The number of amides is 1. The molecule has 192 valence electrons. The summed E-state index contributed by atoms with van der Waals surface area (Å²) in [4.78, 5) is 21.1. The number of benzene rings is 2. The average Bonchev–Trinajstić information content (AvgIpc) is 3.37. The zero-order valence-electron chi connectivity index (χ0n) is 20.9. The van der Waals surface area contributed by atoms with Crippen molar-refractivity contribution in [3.8, 4) is 28.5 Å². The summed E-state index contributed by atoms with van der Waals surface area (Å²) in [7, 11) is 0. The first kappa shape index (κ1) is 24.6. The lowest BCUT2D eigenvalue weighted by Crippen LogP contribution is -2.26. The molecule has 2 aromatic carbocycles. The molecule has 0 radical (unpaired) electrons. The number of halogens is 1. The molecule has 9 nitrogen and oxygen atoms in total. The van der Waals surface area contributed by atoms with Crippen LogP contribution in [0, 0.1) is 11.7 Å². The molecule has 37 heavy (non-hydrogen) atoms. The van der Waals surface area contributed by atoms with E-state index in [4.69, 9.17) is 13.8 Å². The molecule has 2 aromatic heterocycles. The van der Waals surface area contributed by atoms with Crippen molar-refractivity contribution in [1.82, 2.24) is 25.6 Å². The zero-order chi connectivity index (χ0) is 25.9. The van der Waals surface area contributed by atoms with E-state index in [1.54, 1.807) is 6.07 Å². The van der Waals surface area contributed by atoms with Crippen molar-refractivity contribution in [2.45, 2.75) is 52.1 Å².